The molecule has 88 valence electrons. The van der Waals surface area contributed by atoms with Gasteiger partial charge in [-0.05, 0) is 24.3 Å². The Bertz CT molecular complexity index is 500. The van der Waals surface area contributed by atoms with Crippen molar-refractivity contribution >= 4 is 17.4 Å². The third kappa shape index (κ3) is 2.94. The molecular weight excluding hydrogens is 242 g/mol. The summed E-state index contributed by atoms with van der Waals surface area (Å²) < 4.78 is 24.3. The van der Waals surface area contributed by atoms with Gasteiger partial charge in [-0.1, -0.05) is 23.9 Å². The average molecular weight is 252 g/mol. The number of nitrogens with zero attached hydrogens (tertiary/aromatic N) is 1. The fraction of sp³-hybridized carbons (Fsp3) is 0.0833. The number of nitrogen functional groups attached to an aromatic ring is 1. The van der Waals surface area contributed by atoms with Crippen molar-refractivity contribution in [2.45, 2.75) is 10.7 Å². The molecule has 0 bridgehead atoms. The van der Waals surface area contributed by atoms with Gasteiger partial charge in [0.2, 0.25) is 0 Å². The van der Waals surface area contributed by atoms with Crippen LogP contribution in [0.4, 0.5) is 14.5 Å². The van der Waals surface area contributed by atoms with Crippen molar-refractivity contribution < 1.29 is 8.78 Å². The molecule has 5 heteroatoms. The van der Waals surface area contributed by atoms with Crippen molar-refractivity contribution in [3.63, 3.8) is 0 Å². The SMILES string of the molecule is Nc1cccnc1-c1ccc(SC(F)F)cc1. The van der Waals surface area contributed by atoms with Gasteiger partial charge in [0.15, 0.2) is 0 Å². The van der Waals surface area contributed by atoms with E-state index in [0.29, 0.717) is 28.0 Å². The molecule has 0 fully saturated rings. The van der Waals surface area contributed by atoms with Crippen LogP contribution in [0.3, 0.4) is 0 Å². The third-order valence-corrected chi connectivity index (χ3v) is 2.91. The molecule has 0 aliphatic carbocycles. The average Bonchev–Trinajstić information content (AvgIpc) is 2.30. The van der Waals surface area contributed by atoms with E-state index < -0.39 is 5.76 Å². The summed E-state index contributed by atoms with van der Waals surface area (Å²) in [7, 11) is 0. The van der Waals surface area contributed by atoms with Gasteiger partial charge in [-0.3, -0.25) is 4.98 Å². The lowest BCUT2D eigenvalue weighted by molar-refractivity contribution is 0.252. The summed E-state index contributed by atoms with van der Waals surface area (Å²) in [5.41, 5.74) is 7.84. The largest absolute Gasteiger partial charge is 0.397 e. The molecule has 0 atom stereocenters. The Hall–Kier alpha value is -1.62. The lowest BCUT2D eigenvalue weighted by atomic mass is 10.1. The van der Waals surface area contributed by atoms with Crippen molar-refractivity contribution in [3.05, 3.63) is 42.6 Å². The zero-order valence-electron chi connectivity index (χ0n) is 8.81. The van der Waals surface area contributed by atoms with Crippen molar-refractivity contribution in [3.8, 4) is 11.3 Å². The predicted molar refractivity (Wildman–Crippen MR) is 65.9 cm³/mol. The van der Waals surface area contributed by atoms with E-state index in [9.17, 15) is 8.78 Å². The Labute approximate surface area is 102 Å². The third-order valence-electron chi connectivity index (χ3n) is 2.19. The topological polar surface area (TPSA) is 38.9 Å². The van der Waals surface area contributed by atoms with Gasteiger partial charge in [-0.2, -0.15) is 8.78 Å². The zero-order chi connectivity index (χ0) is 12.3. The maximum Gasteiger partial charge on any atom is 0.288 e. The molecule has 0 saturated heterocycles. The molecule has 0 radical (unpaired) electrons. The molecule has 2 rings (SSSR count). The Morgan fingerprint density at radius 2 is 1.82 bits per heavy atom. The van der Waals surface area contributed by atoms with Gasteiger partial charge in [0.05, 0.1) is 11.4 Å². The minimum absolute atomic E-state index is 0.522. The second kappa shape index (κ2) is 5.14. The fourth-order valence-electron chi connectivity index (χ4n) is 1.45. The van der Waals surface area contributed by atoms with Gasteiger partial charge >= 0.3 is 0 Å². The Kier molecular flexibility index (Phi) is 3.58. The fourth-order valence-corrected chi connectivity index (χ4v) is 1.95. The number of nitrogens with two attached hydrogens (primary N) is 1. The van der Waals surface area contributed by atoms with E-state index >= 15 is 0 Å². The van der Waals surface area contributed by atoms with Crippen molar-refractivity contribution in [2.75, 3.05) is 5.73 Å². The molecule has 0 unspecified atom stereocenters. The maximum absolute atomic E-state index is 12.1. The van der Waals surface area contributed by atoms with Crippen LogP contribution in [-0.2, 0) is 0 Å². The molecule has 0 spiro atoms. The number of rotatable bonds is 3. The zero-order valence-corrected chi connectivity index (χ0v) is 9.62. The molecule has 0 aliphatic rings. The number of aromatic nitrogens is 1. The molecule has 0 amide bonds. The van der Waals surface area contributed by atoms with Gasteiger partial charge in [0.25, 0.3) is 5.76 Å². The maximum atomic E-state index is 12.1. The van der Waals surface area contributed by atoms with E-state index in [1.807, 2.05) is 0 Å². The Morgan fingerprint density at radius 1 is 1.12 bits per heavy atom. The van der Waals surface area contributed by atoms with Crippen LogP contribution in [0.5, 0.6) is 0 Å². The van der Waals surface area contributed by atoms with Crippen LogP contribution in [0.25, 0.3) is 11.3 Å². The highest BCUT2D eigenvalue weighted by Crippen LogP contribution is 2.28. The number of hydrogen-bond acceptors (Lipinski definition) is 3. The first-order valence-corrected chi connectivity index (χ1v) is 5.80. The summed E-state index contributed by atoms with van der Waals surface area (Å²) in [4.78, 5) is 4.69. The van der Waals surface area contributed by atoms with Gasteiger partial charge in [0.1, 0.15) is 0 Å². The second-order valence-electron chi connectivity index (χ2n) is 3.34. The van der Waals surface area contributed by atoms with E-state index in [4.69, 9.17) is 5.73 Å². The van der Waals surface area contributed by atoms with Crippen molar-refractivity contribution in [1.82, 2.24) is 4.98 Å². The second-order valence-corrected chi connectivity index (χ2v) is 4.41. The molecule has 0 aliphatic heterocycles. The highest BCUT2D eigenvalue weighted by atomic mass is 32.2. The summed E-state index contributed by atoms with van der Waals surface area (Å²) in [5.74, 6) is -2.40. The van der Waals surface area contributed by atoms with Crippen molar-refractivity contribution in [2.24, 2.45) is 0 Å². The molecule has 1 heterocycles. The number of thioether (sulfide) groups is 1. The number of pyridine rings is 1. The van der Waals surface area contributed by atoms with Gasteiger partial charge < -0.3 is 5.73 Å². The summed E-state index contributed by atoms with van der Waals surface area (Å²) in [5, 5.41) is 0. The predicted octanol–water partition coefficient (Wildman–Crippen LogP) is 3.65. The van der Waals surface area contributed by atoms with Crippen molar-refractivity contribution in [1.29, 1.82) is 0 Å². The molecule has 17 heavy (non-hydrogen) atoms. The van der Waals surface area contributed by atoms with E-state index in [1.54, 1.807) is 42.6 Å². The summed E-state index contributed by atoms with van der Waals surface area (Å²) in [6, 6.07) is 10.3. The Morgan fingerprint density at radius 3 is 2.41 bits per heavy atom. The molecule has 1 aromatic heterocycles. The van der Waals surface area contributed by atoms with E-state index in [1.165, 1.54) is 0 Å². The van der Waals surface area contributed by atoms with Crippen LogP contribution in [0, 0.1) is 0 Å². The summed E-state index contributed by atoms with van der Waals surface area (Å²) >= 11 is 0.522. The molecule has 2 nitrogen and oxygen atoms in total. The van der Waals surface area contributed by atoms with Gasteiger partial charge in [-0.25, -0.2) is 0 Å². The monoisotopic (exact) mass is 252 g/mol. The lowest BCUT2D eigenvalue weighted by Gasteiger charge is -2.05. The highest BCUT2D eigenvalue weighted by molar-refractivity contribution is 7.99. The van der Waals surface area contributed by atoms with Crippen LogP contribution in [0.15, 0.2) is 47.5 Å². The van der Waals surface area contributed by atoms with Gasteiger partial charge in [-0.15, -0.1) is 0 Å². The van der Waals surface area contributed by atoms with E-state index in [2.05, 4.69) is 4.98 Å². The van der Waals surface area contributed by atoms with Crippen LogP contribution in [0.1, 0.15) is 0 Å². The number of anilines is 1. The molecule has 1 aromatic carbocycles. The first kappa shape index (κ1) is 11.9. The molecular formula is C12H10F2N2S. The minimum Gasteiger partial charge on any atom is -0.397 e. The summed E-state index contributed by atoms with van der Waals surface area (Å²) in [6.45, 7) is 0. The van der Waals surface area contributed by atoms with Gasteiger partial charge in [0, 0.05) is 16.7 Å². The molecule has 2 aromatic rings. The Balaban J connectivity index is 2.27. The first-order chi connectivity index (χ1) is 8.16. The first-order valence-electron chi connectivity index (χ1n) is 4.92. The lowest BCUT2D eigenvalue weighted by Crippen LogP contribution is -1.92. The van der Waals surface area contributed by atoms with Crippen LogP contribution < -0.4 is 5.73 Å². The van der Waals surface area contributed by atoms with Crippen LogP contribution in [0.2, 0.25) is 0 Å². The smallest absolute Gasteiger partial charge is 0.288 e. The minimum atomic E-state index is -2.40. The molecule has 2 N–H and O–H groups in total. The normalized spacial score (nSPS) is 10.8. The number of alkyl halides is 2. The quantitative estimate of drug-likeness (QED) is 0.847. The van der Waals surface area contributed by atoms with Crippen LogP contribution in [-0.4, -0.2) is 10.7 Å². The number of hydrogen-bond donors (Lipinski definition) is 1. The number of benzene rings is 1. The summed E-state index contributed by atoms with van der Waals surface area (Å²) in [6.07, 6.45) is 1.65. The van der Waals surface area contributed by atoms with E-state index in [0.717, 1.165) is 5.56 Å². The standard InChI is InChI=1S/C12H10F2N2S/c13-12(14)17-9-5-3-8(4-6-9)11-10(15)2-1-7-16-11/h1-7,12H,15H2. The van der Waals surface area contributed by atoms with E-state index in [-0.39, 0.29) is 0 Å². The van der Waals surface area contributed by atoms with Crippen LogP contribution >= 0.6 is 11.8 Å². The molecule has 0 saturated carbocycles. The highest BCUT2D eigenvalue weighted by Gasteiger charge is 2.07. The number of halogens is 2.